The lowest BCUT2D eigenvalue weighted by Gasteiger charge is -2.40. The van der Waals surface area contributed by atoms with E-state index in [4.69, 9.17) is 5.21 Å². The third-order valence-electron chi connectivity index (χ3n) is 4.01. The molecule has 2 rings (SSSR count). The van der Waals surface area contributed by atoms with Crippen molar-refractivity contribution in [1.82, 2.24) is 4.90 Å². The van der Waals surface area contributed by atoms with E-state index >= 15 is 0 Å². The molecule has 1 saturated heterocycles. The van der Waals surface area contributed by atoms with Gasteiger partial charge >= 0.3 is 0 Å². The zero-order valence-electron chi connectivity index (χ0n) is 10.6. The average Bonchev–Trinajstić information content (AvgIpc) is 2.40. The SMILES string of the molecule is C/C(=N\O)C1(c2ccccc2)CCN(C)CC1. The quantitative estimate of drug-likeness (QED) is 0.483. The minimum atomic E-state index is -0.0808. The zero-order valence-corrected chi connectivity index (χ0v) is 10.6. The molecular formula is C14H20N2O. The maximum absolute atomic E-state index is 9.15. The Kier molecular flexibility index (Phi) is 3.48. The molecule has 1 fully saturated rings. The minimum Gasteiger partial charge on any atom is -0.411 e. The van der Waals surface area contributed by atoms with E-state index in [1.165, 1.54) is 5.56 Å². The van der Waals surface area contributed by atoms with Gasteiger partial charge in [0.25, 0.3) is 0 Å². The van der Waals surface area contributed by atoms with E-state index in [2.05, 4.69) is 41.4 Å². The van der Waals surface area contributed by atoms with Gasteiger partial charge in [-0.05, 0) is 45.5 Å². The number of hydrogen-bond donors (Lipinski definition) is 1. The molecule has 0 atom stereocenters. The first-order valence-corrected chi connectivity index (χ1v) is 6.12. The van der Waals surface area contributed by atoms with Crippen LogP contribution in [0.25, 0.3) is 0 Å². The van der Waals surface area contributed by atoms with Crippen molar-refractivity contribution in [2.45, 2.75) is 25.2 Å². The molecule has 1 N–H and O–H groups in total. The van der Waals surface area contributed by atoms with Gasteiger partial charge in [0, 0.05) is 5.41 Å². The van der Waals surface area contributed by atoms with Crippen LogP contribution in [0.1, 0.15) is 25.3 Å². The fraction of sp³-hybridized carbons (Fsp3) is 0.500. The summed E-state index contributed by atoms with van der Waals surface area (Å²) in [7, 11) is 2.14. The van der Waals surface area contributed by atoms with Gasteiger partial charge in [0.1, 0.15) is 0 Å². The van der Waals surface area contributed by atoms with Crippen LogP contribution in [0.4, 0.5) is 0 Å². The lowest BCUT2D eigenvalue weighted by molar-refractivity contribution is 0.222. The third kappa shape index (κ3) is 2.20. The fourth-order valence-electron chi connectivity index (χ4n) is 2.71. The van der Waals surface area contributed by atoms with Crippen LogP contribution in [-0.2, 0) is 5.41 Å². The molecule has 0 aliphatic carbocycles. The Hall–Kier alpha value is -1.35. The number of piperidine rings is 1. The van der Waals surface area contributed by atoms with Crippen LogP contribution in [0.3, 0.4) is 0 Å². The van der Waals surface area contributed by atoms with Crippen molar-refractivity contribution >= 4 is 5.71 Å². The first-order chi connectivity index (χ1) is 8.19. The summed E-state index contributed by atoms with van der Waals surface area (Å²) in [5.74, 6) is 0. The van der Waals surface area contributed by atoms with Gasteiger partial charge in [0.15, 0.2) is 0 Å². The first kappa shape index (κ1) is 12.1. The third-order valence-corrected chi connectivity index (χ3v) is 4.01. The van der Waals surface area contributed by atoms with Gasteiger partial charge in [0.2, 0.25) is 0 Å². The summed E-state index contributed by atoms with van der Waals surface area (Å²) in [6, 6.07) is 10.4. The van der Waals surface area contributed by atoms with Gasteiger partial charge in [-0.25, -0.2) is 0 Å². The van der Waals surface area contributed by atoms with Crippen LogP contribution in [-0.4, -0.2) is 36.0 Å². The van der Waals surface area contributed by atoms with Gasteiger partial charge in [0.05, 0.1) is 5.71 Å². The number of rotatable bonds is 2. The lowest BCUT2D eigenvalue weighted by Crippen LogP contribution is -2.45. The van der Waals surface area contributed by atoms with Gasteiger partial charge < -0.3 is 10.1 Å². The molecule has 0 bridgehead atoms. The Bertz CT molecular complexity index is 392. The topological polar surface area (TPSA) is 35.8 Å². The minimum absolute atomic E-state index is 0.0808. The van der Waals surface area contributed by atoms with E-state index in [9.17, 15) is 0 Å². The van der Waals surface area contributed by atoms with Crippen LogP contribution in [0.15, 0.2) is 35.5 Å². The van der Waals surface area contributed by atoms with Gasteiger partial charge in [-0.3, -0.25) is 0 Å². The van der Waals surface area contributed by atoms with Crippen molar-refractivity contribution in [3.05, 3.63) is 35.9 Å². The standard InChI is InChI=1S/C14H20N2O/c1-12(15-17)14(8-10-16(2)11-9-14)13-6-4-3-5-7-13/h3-7,17H,8-11H2,1-2H3/b15-12+. The second kappa shape index (κ2) is 4.88. The zero-order chi connectivity index (χ0) is 12.3. The van der Waals surface area contributed by atoms with E-state index in [0.29, 0.717) is 0 Å². The fourth-order valence-corrected chi connectivity index (χ4v) is 2.71. The highest BCUT2D eigenvalue weighted by atomic mass is 16.4. The molecule has 1 aromatic carbocycles. The molecule has 92 valence electrons. The predicted molar refractivity (Wildman–Crippen MR) is 69.7 cm³/mol. The molecule has 3 nitrogen and oxygen atoms in total. The highest BCUT2D eigenvalue weighted by Gasteiger charge is 2.38. The maximum atomic E-state index is 9.15. The largest absolute Gasteiger partial charge is 0.411 e. The molecule has 0 radical (unpaired) electrons. The number of benzene rings is 1. The van der Waals surface area contributed by atoms with Crippen molar-refractivity contribution < 1.29 is 5.21 Å². The molecule has 1 heterocycles. The summed E-state index contributed by atoms with van der Waals surface area (Å²) in [5.41, 5.74) is 2.02. The molecule has 0 aromatic heterocycles. The molecule has 1 aliphatic heterocycles. The lowest BCUT2D eigenvalue weighted by atomic mass is 9.70. The van der Waals surface area contributed by atoms with Crippen LogP contribution in [0.2, 0.25) is 0 Å². The predicted octanol–water partition coefficient (Wildman–Crippen LogP) is 2.50. The average molecular weight is 232 g/mol. The van der Waals surface area contributed by atoms with Crippen molar-refractivity contribution in [3.63, 3.8) is 0 Å². The smallest absolute Gasteiger partial charge is 0.0646 e. The van der Waals surface area contributed by atoms with Gasteiger partial charge in [-0.1, -0.05) is 35.5 Å². The van der Waals surface area contributed by atoms with Gasteiger partial charge in [-0.15, -0.1) is 0 Å². The normalized spacial score (nSPS) is 21.4. The summed E-state index contributed by atoms with van der Waals surface area (Å²) in [5, 5.41) is 12.6. The Balaban J connectivity index is 2.38. The number of hydrogen-bond acceptors (Lipinski definition) is 3. The van der Waals surface area contributed by atoms with Crippen molar-refractivity contribution in [3.8, 4) is 0 Å². The first-order valence-electron chi connectivity index (χ1n) is 6.12. The van der Waals surface area contributed by atoms with Crippen molar-refractivity contribution in [2.75, 3.05) is 20.1 Å². The molecule has 1 aromatic rings. The highest BCUT2D eigenvalue weighted by molar-refractivity contribution is 5.92. The maximum Gasteiger partial charge on any atom is 0.0646 e. The summed E-state index contributed by atoms with van der Waals surface area (Å²) in [6.07, 6.45) is 2.03. The van der Waals surface area contributed by atoms with E-state index in [-0.39, 0.29) is 5.41 Å². The Morgan fingerprint density at radius 2 is 1.82 bits per heavy atom. The Morgan fingerprint density at radius 3 is 2.35 bits per heavy atom. The number of likely N-dealkylation sites (tertiary alicyclic amines) is 1. The van der Waals surface area contributed by atoms with Crippen LogP contribution in [0.5, 0.6) is 0 Å². The monoisotopic (exact) mass is 232 g/mol. The van der Waals surface area contributed by atoms with Crippen LogP contribution < -0.4 is 0 Å². The molecular weight excluding hydrogens is 212 g/mol. The van der Waals surface area contributed by atoms with Crippen molar-refractivity contribution in [1.29, 1.82) is 0 Å². The summed E-state index contributed by atoms with van der Waals surface area (Å²) < 4.78 is 0. The molecule has 0 spiro atoms. The van der Waals surface area contributed by atoms with E-state index in [1.54, 1.807) is 0 Å². The molecule has 0 amide bonds. The van der Waals surface area contributed by atoms with Crippen molar-refractivity contribution in [2.24, 2.45) is 5.16 Å². The van der Waals surface area contributed by atoms with E-state index in [1.807, 2.05) is 13.0 Å². The van der Waals surface area contributed by atoms with Crippen LogP contribution in [0, 0.1) is 0 Å². The highest BCUT2D eigenvalue weighted by Crippen LogP contribution is 2.36. The van der Waals surface area contributed by atoms with Gasteiger partial charge in [-0.2, -0.15) is 0 Å². The molecule has 1 aliphatic rings. The van der Waals surface area contributed by atoms with E-state index in [0.717, 1.165) is 31.6 Å². The second-order valence-electron chi connectivity index (χ2n) is 4.94. The second-order valence-corrected chi connectivity index (χ2v) is 4.94. The Labute approximate surface area is 103 Å². The number of oxime groups is 1. The number of nitrogens with zero attached hydrogens (tertiary/aromatic N) is 2. The molecule has 0 saturated carbocycles. The molecule has 0 unspecified atom stereocenters. The van der Waals surface area contributed by atoms with E-state index < -0.39 is 0 Å². The van der Waals surface area contributed by atoms with Crippen LogP contribution >= 0.6 is 0 Å². The molecule has 3 heteroatoms. The molecule has 17 heavy (non-hydrogen) atoms. The summed E-state index contributed by atoms with van der Waals surface area (Å²) in [6.45, 7) is 4.02. The summed E-state index contributed by atoms with van der Waals surface area (Å²) >= 11 is 0. The Morgan fingerprint density at radius 1 is 1.24 bits per heavy atom. The summed E-state index contributed by atoms with van der Waals surface area (Å²) in [4.78, 5) is 2.33.